The predicted molar refractivity (Wildman–Crippen MR) is 91.4 cm³/mol. The molecular weight excluding hydrogens is 256 g/mol. The van der Waals surface area contributed by atoms with Crippen molar-refractivity contribution in [1.29, 1.82) is 0 Å². The predicted octanol–water partition coefficient (Wildman–Crippen LogP) is 5.50. The maximum atomic E-state index is 5.82. The van der Waals surface area contributed by atoms with E-state index in [-0.39, 0.29) is 10.8 Å². The fourth-order valence-electron chi connectivity index (χ4n) is 2.76. The SMILES string of the molecule is COc1c(C2C=CC=C2)cc(C(C)(C)C)cc1C(C)(C)C. The lowest BCUT2D eigenvalue weighted by molar-refractivity contribution is 0.391. The molecule has 0 unspecified atom stereocenters. The first-order valence-corrected chi connectivity index (χ1v) is 7.72. The third-order valence-electron chi connectivity index (χ3n) is 4.10. The van der Waals surface area contributed by atoms with Gasteiger partial charge in [0, 0.05) is 17.0 Å². The zero-order valence-corrected chi connectivity index (χ0v) is 14.4. The summed E-state index contributed by atoms with van der Waals surface area (Å²) in [7, 11) is 1.78. The van der Waals surface area contributed by atoms with Gasteiger partial charge in [-0.15, -0.1) is 0 Å². The van der Waals surface area contributed by atoms with Crippen molar-refractivity contribution in [2.24, 2.45) is 0 Å². The zero-order valence-electron chi connectivity index (χ0n) is 14.4. The molecule has 0 fully saturated rings. The Balaban J connectivity index is 2.72. The van der Waals surface area contributed by atoms with E-state index < -0.39 is 0 Å². The molecule has 2 rings (SSSR count). The molecule has 114 valence electrons. The van der Waals surface area contributed by atoms with Crippen molar-refractivity contribution in [3.63, 3.8) is 0 Å². The van der Waals surface area contributed by atoms with Crippen LogP contribution in [0.2, 0.25) is 0 Å². The van der Waals surface area contributed by atoms with Gasteiger partial charge in [-0.1, -0.05) is 78.0 Å². The first kappa shape index (κ1) is 15.9. The van der Waals surface area contributed by atoms with Crippen LogP contribution in [-0.2, 0) is 10.8 Å². The maximum Gasteiger partial charge on any atom is 0.126 e. The summed E-state index contributed by atoms with van der Waals surface area (Å²) < 4.78 is 5.82. The molecule has 0 aliphatic heterocycles. The van der Waals surface area contributed by atoms with Crippen LogP contribution in [0.25, 0.3) is 0 Å². The number of allylic oxidation sites excluding steroid dienone is 4. The molecule has 1 aromatic rings. The van der Waals surface area contributed by atoms with Gasteiger partial charge in [0.1, 0.15) is 5.75 Å². The molecule has 0 radical (unpaired) electrons. The molecule has 0 saturated heterocycles. The van der Waals surface area contributed by atoms with E-state index >= 15 is 0 Å². The summed E-state index contributed by atoms with van der Waals surface area (Å²) in [5.74, 6) is 1.36. The van der Waals surface area contributed by atoms with Gasteiger partial charge in [0.15, 0.2) is 0 Å². The highest BCUT2D eigenvalue weighted by atomic mass is 16.5. The number of ether oxygens (including phenoxy) is 1. The summed E-state index contributed by atoms with van der Waals surface area (Å²) in [4.78, 5) is 0. The quantitative estimate of drug-likeness (QED) is 0.696. The molecule has 0 heterocycles. The van der Waals surface area contributed by atoms with Gasteiger partial charge < -0.3 is 4.74 Å². The fraction of sp³-hybridized carbons (Fsp3) is 0.500. The van der Waals surface area contributed by atoms with Crippen LogP contribution in [0.4, 0.5) is 0 Å². The van der Waals surface area contributed by atoms with Gasteiger partial charge in [-0.25, -0.2) is 0 Å². The van der Waals surface area contributed by atoms with Gasteiger partial charge >= 0.3 is 0 Å². The summed E-state index contributed by atoms with van der Waals surface area (Å²) in [5, 5.41) is 0. The summed E-state index contributed by atoms with van der Waals surface area (Å²) in [6.45, 7) is 13.6. The van der Waals surface area contributed by atoms with Crippen LogP contribution in [0.3, 0.4) is 0 Å². The molecule has 0 saturated carbocycles. The van der Waals surface area contributed by atoms with Crippen LogP contribution in [0.5, 0.6) is 5.75 Å². The van der Waals surface area contributed by atoms with E-state index in [0.29, 0.717) is 5.92 Å². The molecule has 0 atom stereocenters. The molecule has 0 N–H and O–H groups in total. The minimum Gasteiger partial charge on any atom is -0.496 e. The topological polar surface area (TPSA) is 9.23 Å². The Hall–Kier alpha value is -1.50. The monoisotopic (exact) mass is 284 g/mol. The molecule has 1 aliphatic carbocycles. The summed E-state index contributed by atoms with van der Waals surface area (Å²) in [6.07, 6.45) is 8.70. The molecule has 0 aromatic heterocycles. The molecule has 0 spiro atoms. The van der Waals surface area contributed by atoms with Gasteiger partial charge in [0.05, 0.1) is 7.11 Å². The maximum absolute atomic E-state index is 5.82. The number of hydrogen-bond donors (Lipinski definition) is 0. The van der Waals surface area contributed by atoms with Gasteiger partial charge in [0.2, 0.25) is 0 Å². The number of hydrogen-bond acceptors (Lipinski definition) is 1. The second-order valence-electron chi connectivity index (χ2n) is 7.94. The third kappa shape index (κ3) is 3.23. The van der Waals surface area contributed by atoms with Crippen LogP contribution in [0.1, 0.15) is 64.2 Å². The number of rotatable bonds is 2. The molecule has 1 heteroatoms. The van der Waals surface area contributed by atoms with E-state index in [1.807, 2.05) is 0 Å². The van der Waals surface area contributed by atoms with Crippen LogP contribution in [-0.4, -0.2) is 7.11 Å². The van der Waals surface area contributed by atoms with Crippen molar-refractivity contribution in [3.8, 4) is 5.75 Å². The normalized spacial score (nSPS) is 15.8. The Labute approximate surface area is 129 Å². The molecular formula is C20H28O. The molecule has 1 aromatic carbocycles. The summed E-state index contributed by atoms with van der Waals surface area (Å²) >= 11 is 0. The minimum atomic E-state index is 0.0629. The standard InChI is InChI=1S/C20H28O/c1-19(2,3)15-12-16(14-10-8-9-11-14)18(21-7)17(13-15)20(4,5)6/h8-14H,1-7H3. The average molecular weight is 284 g/mol. The lowest BCUT2D eigenvalue weighted by Gasteiger charge is -2.29. The first-order valence-electron chi connectivity index (χ1n) is 7.72. The van der Waals surface area contributed by atoms with Crippen molar-refractivity contribution < 1.29 is 4.74 Å². The van der Waals surface area contributed by atoms with E-state index in [0.717, 1.165) is 5.75 Å². The molecule has 21 heavy (non-hydrogen) atoms. The number of benzene rings is 1. The van der Waals surface area contributed by atoms with Gasteiger partial charge in [-0.05, 0) is 16.4 Å². The van der Waals surface area contributed by atoms with Crippen LogP contribution < -0.4 is 4.74 Å². The highest BCUT2D eigenvalue weighted by Gasteiger charge is 2.27. The molecule has 0 amide bonds. The van der Waals surface area contributed by atoms with Crippen molar-refractivity contribution >= 4 is 0 Å². The van der Waals surface area contributed by atoms with Crippen molar-refractivity contribution in [2.75, 3.05) is 7.11 Å². The Bertz CT molecular complexity index is 565. The van der Waals surface area contributed by atoms with Crippen LogP contribution >= 0.6 is 0 Å². The van der Waals surface area contributed by atoms with E-state index in [1.165, 1.54) is 16.7 Å². The summed E-state index contributed by atoms with van der Waals surface area (Å²) in [6, 6.07) is 4.64. The van der Waals surface area contributed by atoms with E-state index in [1.54, 1.807) is 7.11 Å². The third-order valence-corrected chi connectivity index (χ3v) is 4.10. The molecule has 0 bridgehead atoms. The second kappa shape index (κ2) is 5.36. The van der Waals surface area contributed by atoms with Gasteiger partial charge in [-0.2, -0.15) is 0 Å². The zero-order chi connectivity index (χ0) is 15.8. The minimum absolute atomic E-state index is 0.0629. The molecule has 1 aliphatic rings. The van der Waals surface area contributed by atoms with Crippen molar-refractivity contribution in [2.45, 2.75) is 58.3 Å². The van der Waals surface area contributed by atoms with Crippen LogP contribution in [0, 0.1) is 0 Å². The number of methoxy groups -OCH3 is 1. The van der Waals surface area contributed by atoms with Crippen LogP contribution in [0.15, 0.2) is 36.4 Å². The average Bonchev–Trinajstić information content (AvgIpc) is 2.88. The Morgan fingerprint density at radius 2 is 1.43 bits per heavy atom. The Morgan fingerprint density at radius 3 is 1.86 bits per heavy atom. The highest BCUT2D eigenvalue weighted by Crippen LogP contribution is 2.42. The molecule has 1 nitrogen and oxygen atoms in total. The van der Waals surface area contributed by atoms with Crippen molar-refractivity contribution in [1.82, 2.24) is 0 Å². The fourth-order valence-corrected chi connectivity index (χ4v) is 2.76. The lowest BCUT2D eigenvalue weighted by atomic mass is 9.77. The van der Waals surface area contributed by atoms with E-state index in [2.05, 4.69) is 78.0 Å². The van der Waals surface area contributed by atoms with E-state index in [4.69, 9.17) is 4.74 Å². The summed E-state index contributed by atoms with van der Waals surface area (Å²) in [5.41, 5.74) is 4.14. The largest absolute Gasteiger partial charge is 0.496 e. The lowest BCUT2D eigenvalue weighted by Crippen LogP contribution is -2.19. The Kier molecular flexibility index (Phi) is 4.06. The van der Waals surface area contributed by atoms with Crippen molar-refractivity contribution in [3.05, 3.63) is 53.1 Å². The highest BCUT2D eigenvalue weighted by molar-refractivity contribution is 5.54. The van der Waals surface area contributed by atoms with Gasteiger partial charge in [0.25, 0.3) is 0 Å². The second-order valence-corrected chi connectivity index (χ2v) is 7.94. The van der Waals surface area contributed by atoms with E-state index in [9.17, 15) is 0 Å². The van der Waals surface area contributed by atoms with Gasteiger partial charge in [-0.3, -0.25) is 0 Å². The smallest absolute Gasteiger partial charge is 0.126 e. The first-order chi connectivity index (χ1) is 9.64. The Morgan fingerprint density at radius 1 is 0.857 bits per heavy atom.